The Hall–Kier alpha value is -0.0800. The number of hydrogen-bond acceptors (Lipinski definition) is 2. The smallest absolute Gasteiger partial charge is 0.0728 e. The van der Waals surface area contributed by atoms with Crippen molar-refractivity contribution in [1.29, 1.82) is 0 Å². The molecular weight excluding hydrogens is 186 g/mol. The van der Waals surface area contributed by atoms with Crippen molar-refractivity contribution in [1.82, 2.24) is 5.32 Å². The Morgan fingerprint density at radius 3 is 2.60 bits per heavy atom. The molecule has 1 saturated heterocycles. The summed E-state index contributed by atoms with van der Waals surface area (Å²) < 4.78 is 5.90. The van der Waals surface area contributed by atoms with Gasteiger partial charge in [0, 0.05) is 12.6 Å². The third-order valence-corrected chi connectivity index (χ3v) is 3.94. The molecule has 1 aliphatic carbocycles. The molecule has 0 amide bonds. The molecule has 2 atom stereocenters. The maximum absolute atomic E-state index is 5.90. The Morgan fingerprint density at radius 2 is 2.07 bits per heavy atom. The first kappa shape index (κ1) is 11.4. The van der Waals surface area contributed by atoms with Crippen molar-refractivity contribution in [3.8, 4) is 0 Å². The minimum Gasteiger partial charge on any atom is -0.377 e. The molecule has 1 heterocycles. The summed E-state index contributed by atoms with van der Waals surface area (Å²) in [6.07, 6.45) is 10.1. The molecule has 0 bridgehead atoms. The van der Waals surface area contributed by atoms with Crippen LogP contribution in [0.25, 0.3) is 0 Å². The van der Waals surface area contributed by atoms with Crippen LogP contribution < -0.4 is 5.32 Å². The van der Waals surface area contributed by atoms with E-state index in [2.05, 4.69) is 12.2 Å². The molecule has 0 radical (unpaired) electrons. The molecule has 2 aliphatic rings. The topological polar surface area (TPSA) is 21.3 Å². The van der Waals surface area contributed by atoms with Gasteiger partial charge in [0.1, 0.15) is 0 Å². The van der Waals surface area contributed by atoms with Gasteiger partial charge in [-0.05, 0) is 38.1 Å². The minimum absolute atomic E-state index is 0.499. The van der Waals surface area contributed by atoms with E-state index in [4.69, 9.17) is 4.74 Å². The van der Waals surface area contributed by atoms with E-state index < -0.39 is 0 Å². The van der Waals surface area contributed by atoms with E-state index in [1.807, 2.05) is 0 Å². The van der Waals surface area contributed by atoms with Gasteiger partial charge in [0.2, 0.25) is 0 Å². The fourth-order valence-electron chi connectivity index (χ4n) is 2.80. The third kappa shape index (κ3) is 3.18. The van der Waals surface area contributed by atoms with Crippen molar-refractivity contribution in [2.24, 2.45) is 5.92 Å². The van der Waals surface area contributed by atoms with Gasteiger partial charge < -0.3 is 10.1 Å². The minimum atomic E-state index is 0.499. The monoisotopic (exact) mass is 211 g/mol. The summed E-state index contributed by atoms with van der Waals surface area (Å²) in [5.41, 5.74) is 0. The number of likely N-dealkylation sites (N-methyl/N-ethyl adjacent to an activating group) is 1. The van der Waals surface area contributed by atoms with Crippen molar-refractivity contribution in [3.05, 3.63) is 0 Å². The van der Waals surface area contributed by atoms with Gasteiger partial charge >= 0.3 is 0 Å². The molecule has 1 aliphatic heterocycles. The highest BCUT2D eigenvalue weighted by molar-refractivity contribution is 4.84. The van der Waals surface area contributed by atoms with Gasteiger partial charge in [0.25, 0.3) is 0 Å². The van der Waals surface area contributed by atoms with Crippen molar-refractivity contribution < 1.29 is 4.74 Å². The van der Waals surface area contributed by atoms with Crippen LogP contribution in [0.5, 0.6) is 0 Å². The Labute approximate surface area is 93.8 Å². The number of ether oxygens (including phenoxy) is 1. The molecule has 2 unspecified atom stereocenters. The molecule has 0 aromatic rings. The number of hydrogen-bond donors (Lipinski definition) is 1. The second-order valence-corrected chi connectivity index (χ2v) is 5.10. The summed E-state index contributed by atoms with van der Waals surface area (Å²) in [6, 6.07) is 0.626. The number of rotatable bonds is 5. The van der Waals surface area contributed by atoms with Gasteiger partial charge in [-0.2, -0.15) is 0 Å². The van der Waals surface area contributed by atoms with Gasteiger partial charge in [0.15, 0.2) is 0 Å². The highest BCUT2D eigenvalue weighted by atomic mass is 16.5. The highest BCUT2D eigenvalue weighted by Gasteiger charge is 2.28. The lowest BCUT2D eigenvalue weighted by Crippen LogP contribution is -2.44. The van der Waals surface area contributed by atoms with Gasteiger partial charge in [-0.1, -0.05) is 26.2 Å². The van der Waals surface area contributed by atoms with Crippen molar-refractivity contribution in [2.45, 2.75) is 64.0 Å². The Morgan fingerprint density at radius 1 is 1.20 bits per heavy atom. The fraction of sp³-hybridized carbons (Fsp3) is 1.00. The van der Waals surface area contributed by atoms with Gasteiger partial charge in [-0.25, -0.2) is 0 Å². The van der Waals surface area contributed by atoms with Crippen LogP contribution in [0.15, 0.2) is 0 Å². The van der Waals surface area contributed by atoms with Gasteiger partial charge in [0.05, 0.1) is 6.10 Å². The SMILES string of the molecule is CCNC(CC1CCC1)C1CCCCO1. The summed E-state index contributed by atoms with van der Waals surface area (Å²) in [6.45, 7) is 4.27. The highest BCUT2D eigenvalue weighted by Crippen LogP contribution is 2.32. The normalized spacial score (nSPS) is 29.8. The first-order valence-corrected chi connectivity index (χ1v) is 6.75. The molecule has 2 fully saturated rings. The van der Waals surface area contributed by atoms with Gasteiger partial charge in [-0.3, -0.25) is 0 Å². The predicted molar refractivity (Wildman–Crippen MR) is 63.0 cm³/mol. The summed E-state index contributed by atoms with van der Waals surface area (Å²) >= 11 is 0. The average Bonchev–Trinajstić information content (AvgIpc) is 2.23. The van der Waals surface area contributed by atoms with Crippen LogP contribution in [-0.4, -0.2) is 25.3 Å². The molecule has 0 spiro atoms. The Kier molecular flexibility index (Phi) is 4.45. The molecule has 88 valence electrons. The lowest BCUT2D eigenvalue weighted by atomic mass is 9.79. The van der Waals surface area contributed by atoms with Crippen LogP contribution in [0.1, 0.15) is 51.9 Å². The van der Waals surface area contributed by atoms with E-state index in [-0.39, 0.29) is 0 Å². The fourth-order valence-corrected chi connectivity index (χ4v) is 2.80. The van der Waals surface area contributed by atoms with E-state index in [9.17, 15) is 0 Å². The molecule has 0 aromatic carbocycles. The van der Waals surface area contributed by atoms with Crippen molar-refractivity contribution in [2.75, 3.05) is 13.2 Å². The molecule has 2 rings (SSSR count). The van der Waals surface area contributed by atoms with Crippen LogP contribution in [0.2, 0.25) is 0 Å². The summed E-state index contributed by atoms with van der Waals surface area (Å²) in [4.78, 5) is 0. The average molecular weight is 211 g/mol. The second-order valence-electron chi connectivity index (χ2n) is 5.10. The van der Waals surface area contributed by atoms with Crippen molar-refractivity contribution >= 4 is 0 Å². The summed E-state index contributed by atoms with van der Waals surface area (Å²) in [7, 11) is 0. The Balaban J connectivity index is 1.79. The molecule has 2 nitrogen and oxygen atoms in total. The molecule has 0 aromatic heterocycles. The van der Waals surface area contributed by atoms with Gasteiger partial charge in [-0.15, -0.1) is 0 Å². The zero-order valence-corrected chi connectivity index (χ0v) is 10.0. The first-order valence-electron chi connectivity index (χ1n) is 6.75. The second kappa shape index (κ2) is 5.86. The first-order chi connectivity index (χ1) is 7.40. The van der Waals surface area contributed by atoms with Crippen LogP contribution in [-0.2, 0) is 4.74 Å². The van der Waals surface area contributed by atoms with E-state index in [1.54, 1.807) is 0 Å². The zero-order valence-electron chi connectivity index (χ0n) is 10.0. The predicted octanol–water partition coefficient (Wildman–Crippen LogP) is 2.72. The molecular formula is C13H25NO. The van der Waals surface area contributed by atoms with Crippen LogP contribution in [0, 0.1) is 5.92 Å². The lowest BCUT2D eigenvalue weighted by molar-refractivity contribution is -0.0149. The van der Waals surface area contributed by atoms with Crippen LogP contribution in [0.3, 0.4) is 0 Å². The maximum Gasteiger partial charge on any atom is 0.0728 e. The van der Waals surface area contributed by atoms with Crippen LogP contribution in [0.4, 0.5) is 0 Å². The van der Waals surface area contributed by atoms with E-state index >= 15 is 0 Å². The maximum atomic E-state index is 5.90. The summed E-state index contributed by atoms with van der Waals surface area (Å²) in [5, 5.41) is 3.63. The van der Waals surface area contributed by atoms with E-state index in [1.165, 1.54) is 44.9 Å². The van der Waals surface area contributed by atoms with Crippen LogP contribution >= 0.6 is 0 Å². The Bertz CT molecular complexity index is 173. The van der Waals surface area contributed by atoms with E-state index in [0.29, 0.717) is 12.1 Å². The molecule has 15 heavy (non-hydrogen) atoms. The quantitative estimate of drug-likeness (QED) is 0.755. The molecule has 1 saturated carbocycles. The van der Waals surface area contributed by atoms with E-state index in [0.717, 1.165) is 19.1 Å². The lowest BCUT2D eigenvalue weighted by Gasteiger charge is -2.36. The zero-order chi connectivity index (χ0) is 10.5. The molecule has 2 heteroatoms. The largest absolute Gasteiger partial charge is 0.377 e. The molecule has 1 N–H and O–H groups in total. The summed E-state index contributed by atoms with van der Waals surface area (Å²) in [5.74, 6) is 0.986. The van der Waals surface area contributed by atoms with Crippen molar-refractivity contribution in [3.63, 3.8) is 0 Å². The standard InChI is InChI=1S/C13H25NO/c1-2-14-12(10-11-6-5-7-11)13-8-3-4-9-15-13/h11-14H,2-10H2,1H3. The number of nitrogens with one attached hydrogen (secondary N) is 1. The third-order valence-electron chi connectivity index (χ3n) is 3.94.